The highest BCUT2D eigenvalue weighted by Crippen LogP contribution is 2.18. The summed E-state index contributed by atoms with van der Waals surface area (Å²) in [5, 5.41) is 0. The summed E-state index contributed by atoms with van der Waals surface area (Å²) in [6, 6.07) is 19.3. The van der Waals surface area contributed by atoms with E-state index in [0.29, 0.717) is 18.1 Å². The molecule has 30 heavy (non-hydrogen) atoms. The first kappa shape index (κ1) is 21.4. The Morgan fingerprint density at radius 2 is 1.67 bits per heavy atom. The van der Waals surface area contributed by atoms with E-state index >= 15 is 0 Å². The van der Waals surface area contributed by atoms with E-state index < -0.39 is 10.1 Å². The maximum absolute atomic E-state index is 12.8. The van der Waals surface area contributed by atoms with Crippen molar-refractivity contribution in [1.29, 1.82) is 0 Å². The van der Waals surface area contributed by atoms with Gasteiger partial charge in [-0.3, -0.25) is 4.79 Å². The summed E-state index contributed by atoms with van der Waals surface area (Å²) in [6.45, 7) is 1.99. The van der Waals surface area contributed by atoms with Crippen LogP contribution in [0.4, 0.5) is 0 Å². The first-order chi connectivity index (χ1) is 14.4. The zero-order chi connectivity index (χ0) is 21.4. The second-order valence-electron chi connectivity index (χ2n) is 6.50. The van der Waals surface area contributed by atoms with Crippen LogP contribution in [0.25, 0.3) is 0 Å². The van der Waals surface area contributed by atoms with E-state index in [2.05, 4.69) is 0 Å². The van der Waals surface area contributed by atoms with E-state index in [4.69, 9.17) is 13.3 Å². The summed E-state index contributed by atoms with van der Waals surface area (Å²) < 4.78 is 39.1. The highest BCUT2D eigenvalue weighted by molar-refractivity contribution is 7.87. The molecule has 0 atom stereocenters. The van der Waals surface area contributed by atoms with Gasteiger partial charge in [-0.05, 0) is 48.9 Å². The number of amides is 1. The van der Waals surface area contributed by atoms with Crippen LogP contribution in [0.1, 0.15) is 18.2 Å². The molecule has 3 aromatic rings. The molecule has 7 nitrogen and oxygen atoms in total. The Kier molecular flexibility index (Phi) is 7.13. The zero-order valence-corrected chi connectivity index (χ0v) is 17.4. The third-order valence-electron chi connectivity index (χ3n) is 4.26. The van der Waals surface area contributed by atoms with Crippen molar-refractivity contribution in [3.63, 3.8) is 0 Å². The van der Waals surface area contributed by atoms with Crippen LogP contribution in [-0.4, -0.2) is 31.6 Å². The minimum absolute atomic E-state index is 0.110. The lowest BCUT2D eigenvalue weighted by Gasteiger charge is -2.22. The summed E-state index contributed by atoms with van der Waals surface area (Å²) in [7, 11) is -3.58. The number of hydrogen-bond acceptors (Lipinski definition) is 6. The third kappa shape index (κ3) is 6.38. The van der Waals surface area contributed by atoms with Gasteiger partial charge < -0.3 is 18.2 Å². The Hall–Kier alpha value is -3.26. The molecule has 0 unspecified atom stereocenters. The molecule has 0 saturated carbocycles. The SMILES string of the molecule is CCS(=O)(=O)Oc1ccc(CN(Cc2ccco2)C(=O)COc2ccccc2)cc1. The minimum atomic E-state index is -3.58. The molecule has 1 aromatic heterocycles. The van der Waals surface area contributed by atoms with Crippen molar-refractivity contribution in [2.24, 2.45) is 0 Å². The van der Waals surface area contributed by atoms with E-state index in [0.717, 1.165) is 5.56 Å². The lowest BCUT2D eigenvalue weighted by Crippen LogP contribution is -2.34. The average molecular weight is 429 g/mol. The lowest BCUT2D eigenvalue weighted by molar-refractivity contribution is -0.134. The van der Waals surface area contributed by atoms with Crippen molar-refractivity contribution in [1.82, 2.24) is 4.90 Å². The van der Waals surface area contributed by atoms with E-state index in [-0.39, 0.29) is 30.6 Å². The van der Waals surface area contributed by atoms with Gasteiger partial charge in [0, 0.05) is 6.54 Å². The topological polar surface area (TPSA) is 86.1 Å². The number of hydrogen-bond donors (Lipinski definition) is 0. The molecule has 0 radical (unpaired) electrons. The minimum Gasteiger partial charge on any atom is -0.484 e. The molecule has 3 rings (SSSR count). The number of benzene rings is 2. The van der Waals surface area contributed by atoms with E-state index in [1.54, 1.807) is 59.7 Å². The molecule has 2 aromatic carbocycles. The first-order valence-electron chi connectivity index (χ1n) is 9.44. The first-order valence-corrected chi connectivity index (χ1v) is 11.0. The van der Waals surface area contributed by atoms with Crippen molar-refractivity contribution >= 4 is 16.0 Å². The van der Waals surface area contributed by atoms with E-state index in [1.807, 2.05) is 18.2 Å². The molecular weight excluding hydrogens is 406 g/mol. The maximum atomic E-state index is 12.8. The van der Waals surface area contributed by atoms with Crippen LogP contribution in [0.2, 0.25) is 0 Å². The second-order valence-corrected chi connectivity index (χ2v) is 8.36. The molecule has 158 valence electrons. The number of carbonyl (C=O) groups excluding carboxylic acids is 1. The molecule has 0 aliphatic carbocycles. The summed E-state index contributed by atoms with van der Waals surface area (Å²) in [4.78, 5) is 14.4. The van der Waals surface area contributed by atoms with Crippen molar-refractivity contribution in [2.75, 3.05) is 12.4 Å². The van der Waals surface area contributed by atoms with Gasteiger partial charge in [0.2, 0.25) is 0 Å². The molecule has 0 N–H and O–H groups in total. The highest BCUT2D eigenvalue weighted by atomic mass is 32.2. The Balaban J connectivity index is 1.68. The third-order valence-corrected chi connectivity index (χ3v) is 5.41. The Morgan fingerprint density at radius 1 is 0.933 bits per heavy atom. The average Bonchev–Trinajstić information content (AvgIpc) is 3.26. The van der Waals surface area contributed by atoms with Gasteiger partial charge in [0.15, 0.2) is 6.61 Å². The normalized spacial score (nSPS) is 11.1. The van der Waals surface area contributed by atoms with Gasteiger partial charge in [-0.25, -0.2) is 0 Å². The van der Waals surface area contributed by atoms with Gasteiger partial charge in [-0.15, -0.1) is 0 Å². The summed E-state index contributed by atoms with van der Waals surface area (Å²) in [5.41, 5.74) is 0.816. The van der Waals surface area contributed by atoms with Crippen LogP contribution in [0.15, 0.2) is 77.4 Å². The largest absolute Gasteiger partial charge is 0.484 e. The lowest BCUT2D eigenvalue weighted by atomic mass is 10.2. The monoisotopic (exact) mass is 429 g/mol. The van der Waals surface area contributed by atoms with Crippen molar-refractivity contribution in [2.45, 2.75) is 20.0 Å². The van der Waals surface area contributed by atoms with Crippen molar-refractivity contribution in [3.05, 3.63) is 84.3 Å². The molecule has 0 saturated heterocycles. The zero-order valence-electron chi connectivity index (χ0n) is 16.6. The van der Waals surface area contributed by atoms with E-state index in [9.17, 15) is 13.2 Å². The van der Waals surface area contributed by atoms with Gasteiger partial charge in [0.1, 0.15) is 17.3 Å². The van der Waals surface area contributed by atoms with E-state index in [1.165, 1.54) is 6.92 Å². The molecule has 1 amide bonds. The highest BCUT2D eigenvalue weighted by Gasteiger charge is 2.17. The standard InChI is InChI=1S/C22H23NO6S/c1-2-30(25,26)29-20-12-10-18(11-13-20)15-23(16-21-9-6-14-27-21)22(24)17-28-19-7-4-3-5-8-19/h3-14H,2,15-17H2,1H3. The second kappa shape index (κ2) is 9.98. The summed E-state index contributed by atoms with van der Waals surface area (Å²) in [5.74, 6) is 1.18. The van der Waals surface area contributed by atoms with Crippen LogP contribution in [-0.2, 0) is 28.0 Å². The molecule has 1 heterocycles. The fraction of sp³-hybridized carbons (Fsp3) is 0.227. The summed E-state index contributed by atoms with van der Waals surface area (Å²) >= 11 is 0. The molecular formula is C22H23NO6S. The molecule has 0 aliphatic heterocycles. The van der Waals surface area contributed by atoms with Crippen molar-refractivity contribution < 1.29 is 26.5 Å². The van der Waals surface area contributed by atoms with Gasteiger partial charge >= 0.3 is 10.1 Å². The van der Waals surface area contributed by atoms with Gasteiger partial charge in [-0.2, -0.15) is 8.42 Å². The maximum Gasteiger partial charge on any atom is 0.308 e. The van der Waals surface area contributed by atoms with Crippen LogP contribution in [0, 0.1) is 0 Å². The van der Waals surface area contributed by atoms with Gasteiger partial charge in [0.05, 0.1) is 18.6 Å². The number of carbonyl (C=O) groups is 1. The molecule has 0 spiro atoms. The summed E-state index contributed by atoms with van der Waals surface area (Å²) in [6.07, 6.45) is 1.55. The Morgan fingerprint density at radius 3 is 2.30 bits per heavy atom. The fourth-order valence-electron chi connectivity index (χ4n) is 2.65. The predicted molar refractivity (Wildman–Crippen MR) is 111 cm³/mol. The number of nitrogens with zero attached hydrogens (tertiary/aromatic N) is 1. The molecule has 0 aliphatic rings. The number of ether oxygens (including phenoxy) is 1. The van der Waals surface area contributed by atoms with Crippen LogP contribution >= 0.6 is 0 Å². The number of rotatable bonds is 10. The quantitative estimate of drug-likeness (QED) is 0.458. The number of para-hydroxylation sites is 1. The van der Waals surface area contributed by atoms with Gasteiger partial charge in [0.25, 0.3) is 5.91 Å². The van der Waals surface area contributed by atoms with Crippen LogP contribution in [0.5, 0.6) is 11.5 Å². The Labute approximate surface area is 176 Å². The molecule has 8 heteroatoms. The van der Waals surface area contributed by atoms with Crippen LogP contribution in [0.3, 0.4) is 0 Å². The predicted octanol–water partition coefficient (Wildman–Crippen LogP) is 3.62. The van der Waals surface area contributed by atoms with Crippen LogP contribution < -0.4 is 8.92 Å². The van der Waals surface area contributed by atoms with Crippen molar-refractivity contribution in [3.8, 4) is 11.5 Å². The smallest absolute Gasteiger partial charge is 0.308 e. The number of furan rings is 1. The Bertz CT molecular complexity index is 1030. The van der Waals surface area contributed by atoms with Gasteiger partial charge in [-0.1, -0.05) is 30.3 Å². The fourth-order valence-corrected chi connectivity index (χ4v) is 3.17. The molecule has 0 bridgehead atoms. The molecule has 0 fully saturated rings.